The van der Waals surface area contributed by atoms with Crippen molar-refractivity contribution >= 4 is 17.2 Å². The van der Waals surface area contributed by atoms with Gasteiger partial charge in [0.2, 0.25) is 0 Å². The second-order valence-electron chi connectivity index (χ2n) is 13.0. The summed E-state index contributed by atoms with van der Waals surface area (Å²) in [6.45, 7) is 5.67. The van der Waals surface area contributed by atoms with Crippen molar-refractivity contribution < 1.29 is 9.84 Å². The van der Waals surface area contributed by atoms with Crippen molar-refractivity contribution in [3.63, 3.8) is 0 Å². The van der Waals surface area contributed by atoms with Crippen LogP contribution >= 0.6 is 12.2 Å². The third-order valence-electron chi connectivity index (χ3n) is 10.6. The van der Waals surface area contributed by atoms with Crippen molar-refractivity contribution in [3.8, 4) is 5.75 Å². The number of benzene rings is 1. The molecule has 0 amide bonds. The van der Waals surface area contributed by atoms with Gasteiger partial charge in [-0.3, -0.25) is 0 Å². The molecule has 0 bridgehead atoms. The number of ether oxygens (including phenoxy) is 1. The molecule has 38 heavy (non-hydrogen) atoms. The zero-order chi connectivity index (χ0) is 27.0. The molecule has 1 aromatic rings. The molecule has 0 aliphatic heterocycles. The molecule has 2 fully saturated rings. The summed E-state index contributed by atoms with van der Waals surface area (Å²) >= 11 is 5.45. The number of aliphatic hydroxyl groups excluding tert-OH is 1. The second-order valence-corrected chi connectivity index (χ2v) is 13.5. The highest BCUT2D eigenvalue weighted by Gasteiger charge is 2.56. The molecule has 3 aliphatic carbocycles. The first-order valence-electron chi connectivity index (χ1n) is 16.1. The highest BCUT2D eigenvalue weighted by atomic mass is 32.1. The van der Waals surface area contributed by atoms with Crippen LogP contribution in [0, 0.1) is 23.2 Å². The van der Waals surface area contributed by atoms with Crippen LogP contribution in [0.3, 0.4) is 0 Å². The third-order valence-corrected chi connectivity index (χ3v) is 11.0. The Hall–Kier alpha value is -1.13. The molecule has 1 aromatic carbocycles. The fourth-order valence-corrected chi connectivity index (χ4v) is 8.64. The van der Waals surface area contributed by atoms with Crippen molar-refractivity contribution in [2.24, 2.45) is 23.2 Å². The fraction of sp³-hybridized carbons (Fsp3) is 0.794. The summed E-state index contributed by atoms with van der Waals surface area (Å²) in [5.41, 5.74) is 3.27. The zero-order valence-corrected chi connectivity index (χ0v) is 25.4. The number of thiocarbonyl (C=S) groups is 1. The highest BCUT2D eigenvalue weighted by molar-refractivity contribution is 7.80. The van der Waals surface area contributed by atoms with E-state index in [1.165, 1.54) is 102 Å². The van der Waals surface area contributed by atoms with Crippen LogP contribution in [0.5, 0.6) is 5.75 Å². The number of aliphatic hydroxyl groups is 1. The Morgan fingerprint density at radius 1 is 1.03 bits per heavy atom. The van der Waals surface area contributed by atoms with Gasteiger partial charge in [-0.1, -0.05) is 83.5 Å². The average Bonchev–Trinajstić information content (AvgIpc) is 3.23. The van der Waals surface area contributed by atoms with Gasteiger partial charge in [-0.25, -0.2) is 0 Å². The smallest absolute Gasteiger partial charge is 0.119 e. The van der Waals surface area contributed by atoms with Crippen molar-refractivity contribution in [3.05, 3.63) is 29.3 Å². The highest BCUT2D eigenvalue weighted by Crippen LogP contribution is 2.62. The lowest BCUT2D eigenvalue weighted by Gasteiger charge is -2.53. The van der Waals surface area contributed by atoms with Crippen LogP contribution in [0.2, 0.25) is 0 Å². The summed E-state index contributed by atoms with van der Waals surface area (Å²) in [5, 5.41) is 14.3. The maximum atomic E-state index is 10.9. The normalized spacial score (nSPS) is 29.8. The van der Waals surface area contributed by atoms with Gasteiger partial charge < -0.3 is 15.2 Å². The molecule has 0 aromatic heterocycles. The molecule has 3 unspecified atom stereocenters. The summed E-state index contributed by atoms with van der Waals surface area (Å²) in [5.74, 6) is 3.87. The van der Waals surface area contributed by atoms with Crippen LogP contribution in [0.1, 0.15) is 134 Å². The number of methoxy groups -OCH3 is 1. The number of fused-ring (bicyclic) bond motifs is 5. The molecule has 4 heteroatoms. The van der Waals surface area contributed by atoms with E-state index in [0.29, 0.717) is 11.8 Å². The summed E-state index contributed by atoms with van der Waals surface area (Å²) < 4.78 is 5.60. The lowest BCUT2D eigenvalue weighted by atomic mass is 9.52. The molecule has 0 heterocycles. The minimum Gasteiger partial charge on any atom is -0.497 e. The van der Waals surface area contributed by atoms with Crippen LogP contribution in [0.15, 0.2) is 18.2 Å². The number of nitrogens with one attached hydrogen (secondary N) is 1. The van der Waals surface area contributed by atoms with Gasteiger partial charge in [0.1, 0.15) is 5.75 Å². The van der Waals surface area contributed by atoms with Crippen LogP contribution < -0.4 is 10.1 Å². The lowest BCUT2D eigenvalue weighted by molar-refractivity contribution is -0.0396. The standard InChI is InChI=1S/C34H55NO2S/c1-4-5-22-35-32(38)15-13-11-9-7-6-8-10-12-14-25-23-26-24-27(37-3)16-17-28(26)29-20-21-34(2)30(33(25)29)18-19-31(34)36/h16-17,24-25,29-31,33,36H,4-15,18-23H2,1-3H3,(H,35,38)/t25-,29?,30?,31+,33?,34+/m1/s1. The number of hydrogen-bond acceptors (Lipinski definition) is 3. The monoisotopic (exact) mass is 541 g/mol. The molecular formula is C34H55NO2S. The van der Waals surface area contributed by atoms with Crippen LogP contribution in [-0.4, -0.2) is 29.9 Å². The maximum Gasteiger partial charge on any atom is 0.119 e. The molecule has 0 saturated heterocycles. The predicted molar refractivity (Wildman–Crippen MR) is 164 cm³/mol. The SMILES string of the molecule is CCCCNC(=S)CCCCCCCCCC[C@@H]1Cc2cc(OC)ccc2C2CC[C@@]3(C)C(CC[C@@H]3O)C21. The molecule has 6 atom stereocenters. The first-order chi connectivity index (χ1) is 18.5. The Morgan fingerprint density at radius 2 is 1.76 bits per heavy atom. The van der Waals surface area contributed by atoms with Gasteiger partial charge in [0, 0.05) is 6.54 Å². The van der Waals surface area contributed by atoms with E-state index in [9.17, 15) is 5.11 Å². The fourth-order valence-electron chi connectivity index (χ4n) is 8.39. The van der Waals surface area contributed by atoms with Crippen LogP contribution in [-0.2, 0) is 6.42 Å². The molecule has 0 radical (unpaired) electrons. The average molecular weight is 542 g/mol. The first-order valence-corrected chi connectivity index (χ1v) is 16.5. The van der Waals surface area contributed by atoms with Gasteiger partial charge in [0.05, 0.1) is 18.2 Å². The largest absolute Gasteiger partial charge is 0.497 e. The molecule has 3 aliphatic rings. The van der Waals surface area contributed by atoms with Gasteiger partial charge in [0.25, 0.3) is 0 Å². The number of hydrogen-bond donors (Lipinski definition) is 2. The topological polar surface area (TPSA) is 41.5 Å². The minimum absolute atomic E-state index is 0.0979. The Bertz CT molecular complexity index is 887. The Labute approximate surface area is 238 Å². The van der Waals surface area contributed by atoms with E-state index in [1.807, 2.05) is 0 Å². The van der Waals surface area contributed by atoms with E-state index in [2.05, 4.69) is 37.4 Å². The maximum absolute atomic E-state index is 10.9. The second kappa shape index (κ2) is 14.5. The van der Waals surface area contributed by atoms with E-state index in [0.717, 1.165) is 42.0 Å². The zero-order valence-electron chi connectivity index (χ0n) is 24.6. The predicted octanol–water partition coefficient (Wildman–Crippen LogP) is 8.76. The third kappa shape index (κ3) is 7.14. The molecular weight excluding hydrogens is 486 g/mol. The molecule has 3 nitrogen and oxygen atoms in total. The number of rotatable bonds is 15. The van der Waals surface area contributed by atoms with E-state index in [4.69, 9.17) is 17.0 Å². The minimum atomic E-state index is -0.0979. The van der Waals surface area contributed by atoms with Crippen molar-refractivity contribution in [1.82, 2.24) is 5.32 Å². The van der Waals surface area contributed by atoms with Gasteiger partial charge in [-0.15, -0.1) is 0 Å². The van der Waals surface area contributed by atoms with Crippen LogP contribution in [0.4, 0.5) is 0 Å². The van der Waals surface area contributed by atoms with E-state index in [1.54, 1.807) is 12.7 Å². The van der Waals surface area contributed by atoms with Gasteiger partial charge in [0.15, 0.2) is 0 Å². The molecule has 4 rings (SSSR count). The molecule has 2 saturated carbocycles. The summed E-state index contributed by atoms with van der Waals surface area (Å²) in [6.07, 6.45) is 21.4. The van der Waals surface area contributed by atoms with Crippen molar-refractivity contribution in [2.45, 2.75) is 135 Å². The summed E-state index contributed by atoms with van der Waals surface area (Å²) in [6, 6.07) is 6.86. The summed E-state index contributed by atoms with van der Waals surface area (Å²) in [7, 11) is 1.79. The Morgan fingerprint density at radius 3 is 2.50 bits per heavy atom. The van der Waals surface area contributed by atoms with Gasteiger partial charge in [-0.2, -0.15) is 0 Å². The van der Waals surface area contributed by atoms with Gasteiger partial charge in [-0.05, 0) is 110 Å². The van der Waals surface area contributed by atoms with Gasteiger partial charge >= 0.3 is 0 Å². The Kier molecular flexibility index (Phi) is 11.4. The summed E-state index contributed by atoms with van der Waals surface area (Å²) in [4.78, 5) is 1.06. The lowest BCUT2D eigenvalue weighted by Crippen LogP contribution is -2.47. The van der Waals surface area contributed by atoms with E-state index in [-0.39, 0.29) is 11.5 Å². The quantitative estimate of drug-likeness (QED) is 0.172. The molecule has 2 N–H and O–H groups in total. The molecule has 214 valence electrons. The van der Waals surface area contributed by atoms with Crippen molar-refractivity contribution in [1.29, 1.82) is 0 Å². The van der Waals surface area contributed by atoms with Crippen LogP contribution in [0.25, 0.3) is 0 Å². The van der Waals surface area contributed by atoms with Crippen molar-refractivity contribution in [2.75, 3.05) is 13.7 Å². The first kappa shape index (κ1) is 29.8. The molecule has 0 spiro atoms. The van der Waals surface area contributed by atoms with E-state index < -0.39 is 0 Å². The van der Waals surface area contributed by atoms with E-state index >= 15 is 0 Å². The Balaban J connectivity index is 1.21. The number of unbranched alkanes of at least 4 members (excludes halogenated alkanes) is 8.